The summed E-state index contributed by atoms with van der Waals surface area (Å²) in [6.45, 7) is 17.2. The molecule has 6 aliphatic rings. The fraction of sp³-hybridized carbons (Fsp3) is 0.597. The van der Waals surface area contributed by atoms with Gasteiger partial charge in [0.15, 0.2) is 17.1 Å². The minimum atomic E-state index is -1.90. The van der Waals surface area contributed by atoms with Gasteiger partial charge < -0.3 is 70.3 Å². The molecule has 91 heavy (non-hydrogen) atoms. The molecule has 0 bridgehead atoms. The molecule has 10 atom stereocenters. The number of benzene rings is 2. The quantitative estimate of drug-likeness (QED) is 0.112. The minimum absolute atomic E-state index is 0.105. The van der Waals surface area contributed by atoms with E-state index in [0.29, 0.717) is 12.0 Å². The molecule has 0 aromatic heterocycles. The van der Waals surface area contributed by atoms with Crippen LogP contribution in [0.3, 0.4) is 0 Å². The zero-order valence-electron chi connectivity index (χ0n) is 54.3. The first kappa shape index (κ1) is 69.4. The van der Waals surface area contributed by atoms with Crippen LogP contribution in [0.2, 0.25) is 0 Å². The Labute approximate surface area is 526 Å². The molecular formula is C62H84N12O17. The molecule has 5 heterocycles. The second-order valence-electron chi connectivity index (χ2n) is 25.6. The van der Waals surface area contributed by atoms with Gasteiger partial charge in [-0.15, -0.1) is 0 Å². The number of aromatic nitrogens is 1. The highest BCUT2D eigenvalue weighted by Crippen LogP contribution is 2.35. The molecule has 0 saturated carbocycles. The highest BCUT2D eigenvalue weighted by molar-refractivity contribution is 6.11. The number of rotatable bonds is 8. The third-order valence-corrected chi connectivity index (χ3v) is 17.4. The summed E-state index contributed by atoms with van der Waals surface area (Å²) in [7, 11) is 5.41. The lowest BCUT2D eigenvalue weighted by Crippen LogP contribution is -2.61. The lowest BCUT2D eigenvalue weighted by molar-refractivity contribution is -0.163. The van der Waals surface area contributed by atoms with E-state index in [0.717, 1.165) is 19.6 Å². The molecule has 1 aromatic carbocycles. The number of cyclic esters (lactones) is 2. The highest BCUT2D eigenvalue weighted by atomic mass is 16.6. The van der Waals surface area contributed by atoms with E-state index in [2.05, 4.69) is 21.3 Å². The molecule has 29 heteroatoms. The van der Waals surface area contributed by atoms with Crippen molar-refractivity contribution < 1.29 is 76.2 Å². The van der Waals surface area contributed by atoms with Crippen molar-refractivity contribution in [3.05, 3.63) is 44.6 Å². The monoisotopic (exact) mass is 1270 g/mol. The topological polar surface area (TPSA) is 377 Å². The number of Topliss-reactive ketones (excluding diaryl/α,β-unsaturated/α-hetero) is 1. The Morgan fingerprint density at radius 3 is 1.58 bits per heavy atom. The molecule has 1 aliphatic carbocycles. The van der Waals surface area contributed by atoms with Crippen LogP contribution in [0.5, 0.6) is 0 Å². The summed E-state index contributed by atoms with van der Waals surface area (Å²) in [5, 5.41) is 10.5. The molecule has 10 amide bonds. The fourth-order valence-corrected chi connectivity index (χ4v) is 12.1. The minimum Gasteiger partial charge on any atom is -0.458 e. The van der Waals surface area contributed by atoms with Crippen molar-refractivity contribution in [2.75, 3.05) is 60.1 Å². The molecule has 0 spiro atoms. The van der Waals surface area contributed by atoms with Gasteiger partial charge in [0.2, 0.25) is 52.7 Å². The van der Waals surface area contributed by atoms with Gasteiger partial charge in [-0.3, -0.25) is 57.5 Å². The SMILES string of the molecule is Cc1c2oc3c(C)ccc(C(=O)N[C@@H]4C(=O)N[C@H](C(C)C)C(=O)N5CC(=O)C[C@H]5C(=O)N(C)CC(=O)N(C)[C@@H](C(C)C)C(=O)O[C@@H]4C)c3nc-2c(C(=O)N[C@@H]2C(=O)N[C@H](C(C)C)C(=O)N3CCC[C@H]3C(=O)N(C)CC(=O)N(C)[C@@H](C(C)C)C(=O)O[C@@H]2C)c(N)c1=O. The number of nitrogens with zero attached hydrogens (tertiary/aromatic N) is 7. The summed E-state index contributed by atoms with van der Waals surface area (Å²) in [4.78, 5) is 212. The fourth-order valence-electron chi connectivity index (χ4n) is 12.1. The number of carbonyl (C=O) groups excluding carboxylic acids is 13. The summed E-state index contributed by atoms with van der Waals surface area (Å²) >= 11 is 0. The Bertz CT molecular complexity index is 3510. The van der Waals surface area contributed by atoms with Crippen molar-refractivity contribution in [2.24, 2.45) is 23.7 Å². The molecule has 6 N–H and O–H groups in total. The predicted octanol–water partition coefficient (Wildman–Crippen LogP) is -0.0954. The maximum absolute atomic E-state index is 15.2. The second-order valence-corrected chi connectivity index (χ2v) is 25.6. The van der Waals surface area contributed by atoms with Crippen molar-refractivity contribution in [3.8, 4) is 11.5 Å². The molecule has 4 saturated heterocycles. The number of nitrogens with two attached hydrogens (primary N) is 1. The van der Waals surface area contributed by atoms with Gasteiger partial charge in [-0.05, 0) is 75.8 Å². The lowest BCUT2D eigenvalue weighted by Gasteiger charge is -2.36. The smallest absolute Gasteiger partial charge is 0.329 e. The van der Waals surface area contributed by atoms with Gasteiger partial charge in [0, 0.05) is 46.7 Å². The molecule has 494 valence electrons. The molecule has 0 radical (unpaired) electrons. The number of amides is 10. The maximum atomic E-state index is 15.2. The van der Waals surface area contributed by atoms with Gasteiger partial charge in [0.25, 0.3) is 11.8 Å². The zero-order chi connectivity index (χ0) is 67.8. The number of hydrogen-bond donors (Lipinski definition) is 5. The molecule has 7 rings (SSSR count). The van der Waals surface area contributed by atoms with Crippen LogP contribution >= 0.6 is 0 Å². The van der Waals surface area contributed by atoms with Crippen LogP contribution in [0.1, 0.15) is 120 Å². The Morgan fingerprint density at radius 2 is 1.10 bits per heavy atom. The van der Waals surface area contributed by atoms with Crippen molar-refractivity contribution in [1.82, 2.24) is 55.7 Å². The molecule has 4 fully saturated rings. The van der Waals surface area contributed by atoms with Crippen molar-refractivity contribution in [2.45, 2.75) is 163 Å². The lowest BCUT2D eigenvalue weighted by atomic mass is 9.98. The van der Waals surface area contributed by atoms with Crippen LogP contribution in [-0.2, 0) is 62.2 Å². The number of hydrogen-bond acceptors (Lipinski definition) is 19. The summed E-state index contributed by atoms with van der Waals surface area (Å²) < 4.78 is 18.2. The Kier molecular flexibility index (Phi) is 21.0. The number of anilines is 1. The number of ketones is 1. The van der Waals surface area contributed by atoms with Crippen LogP contribution in [0.4, 0.5) is 5.69 Å². The Morgan fingerprint density at radius 1 is 0.626 bits per heavy atom. The third-order valence-electron chi connectivity index (χ3n) is 17.4. The van der Waals surface area contributed by atoms with E-state index < -0.39 is 203 Å². The number of likely N-dealkylation sites (N-methyl/N-ethyl adjacent to an activating group) is 4. The molecule has 0 unspecified atom stereocenters. The van der Waals surface area contributed by atoms with Gasteiger partial charge >= 0.3 is 11.9 Å². The van der Waals surface area contributed by atoms with Crippen molar-refractivity contribution >= 4 is 93.6 Å². The average molecular weight is 1270 g/mol. The number of fused-ring (bicyclic) bond motifs is 4. The van der Waals surface area contributed by atoms with E-state index in [1.165, 1.54) is 70.9 Å². The van der Waals surface area contributed by atoms with Crippen molar-refractivity contribution in [3.63, 3.8) is 0 Å². The maximum Gasteiger partial charge on any atom is 0.329 e. The van der Waals surface area contributed by atoms with E-state index >= 15 is 9.59 Å². The van der Waals surface area contributed by atoms with Crippen molar-refractivity contribution in [1.29, 1.82) is 0 Å². The third kappa shape index (κ3) is 14.0. The molecular weight excluding hydrogens is 1180 g/mol. The predicted molar refractivity (Wildman–Crippen MR) is 326 cm³/mol. The normalized spacial score (nSPS) is 26.1. The highest BCUT2D eigenvalue weighted by Gasteiger charge is 2.48. The van der Waals surface area contributed by atoms with E-state index in [-0.39, 0.29) is 47.4 Å². The summed E-state index contributed by atoms with van der Waals surface area (Å²) in [5.74, 6) is -13.8. The molecule has 1 aromatic rings. The molecule has 5 aliphatic heterocycles. The largest absolute Gasteiger partial charge is 0.458 e. The first-order valence-corrected chi connectivity index (χ1v) is 30.4. The van der Waals surface area contributed by atoms with Crippen LogP contribution in [0, 0.1) is 37.5 Å². The zero-order valence-corrected chi connectivity index (χ0v) is 54.3. The number of carbonyl (C=O) groups is 13. The van der Waals surface area contributed by atoms with Crippen LogP contribution in [-0.4, -0.2) is 226 Å². The van der Waals surface area contributed by atoms with E-state index in [1.807, 2.05) is 0 Å². The number of nitrogens with one attached hydrogen (secondary N) is 4. The van der Waals surface area contributed by atoms with Crippen LogP contribution in [0.15, 0.2) is 21.3 Å². The Hall–Kier alpha value is -9.05. The van der Waals surface area contributed by atoms with E-state index in [9.17, 15) is 57.5 Å². The summed E-state index contributed by atoms with van der Waals surface area (Å²) in [6, 6.07) is -8.67. The van der Waals surface area contributed by atoms with Gasteiger partial charge in [0.05, 0.1) is 36.4 Å². The van der Waals surface area contributed by atoms with Gasteiger partial charge in [-0.25, -0.2) is 14.6 Å². The van der Waals surface area contributed by atoms with Crippen LogP contribution in [0.25, 0.3) is 22.6 Å². The number of ether oxygens (including phenoxy) is 2. The van der Waals surface area contributed by atoms with E-state index in [4.69, 9.17) is 24.6 Å². The van der Waals surface area contributed by atoms with Crippen LogP contribution < -0.4 is 32.4 Å². The van der Waals surface area contributed by atoms with Gasteiger partial charge in [-0.2, -0.15) is 0 Å². The van der Waals surface area contributed by atoms with Gasteiger partial charge in [-0.1, -0.05) is 61.5 Å². The number of aryl methyl sites for hydroxylation is 1. The van der Waals surface area contributed by atoms with E-state index in [1.54, 1.807) is 62.3 Å². The van der Waals surface area contributed by atoms with Gasteiger partial charge in [0.1, 0.15) is 71.8 Å². The average Bonchev–Trinajstić information content (AvgIpc) is 1.35. The number of nitrogen functional groups attached to an aromatic ring is 1. The number of esters is 2. The summed E-state index contributed by atoms with van der Waals surface area (Å²) in [5.41, 5.74) is 3.33. The first-order chi connectivity index (χ1) is 42.5. The Balaban J connectivity index is 1.32. The first-order valence-electron chi connectivity index (χ1n) is 30.4. The second kappa shape index (κ2) is 27.6. The summed E-state index contributed by atoms with van der Waals surface area (Å²) in [6.07, 6.45) is -2.85. The standard InChI is InChI=1S/C62H84N12O17/c1-26(2)42-59(85)73-21-17-18-36(73)57(83)69(13)24-38(76)71(15)49(29(7)8)62(88)90-33(12)45(56(82)65-42)68-54(80)40-41(63)50(78)31(10)52-47(40)64-46-35(20-19-30(9)51(46)91-52)53(79)67-44-32(11)89-61(87)48(28(5)6)72(16)39(77)25-70(14)58(84)37-22-34(75)23-74(37)60(86)43(27(3)4)66-55(44)81/h19-20,26-29,32-33,36-37,42-45,48-49H,17-18,21-25,63H2,1-16H3,(H,65,82)(H,66,81)(H,67,79)(H,68,80)/t32-,33-,36+,37+,42-,43-,44+,45+,48+,49+/m1/s1. The molecule has 29 nitrogen and oxygen atoms in total.